The number of hydrogen-bond donors (Lipinski definition) is 1. The zero-order valence-corrected chi connectivity index (χ0v) is 19.0. The number of nitriles is 1. The van der Waals surface area contributed by atoms with Crippen molar-refractivity contribution in [1.82, 2.24) is 0 Å². The Morgan fingerprint density at radius 3 is 2.42 bits per heavy atom. The van der Waals surface area contributed by atoms with Gasteiger partial charge < -0.3 is 14.8 Å². The summed E-state index contributed by atoms with van der Waals surface area (Å²) in [5.74, 6) is 0.835. The van der Waals surface area contributed by atoms with Crippen LogP contribution in [0.3, 0.4) is 0 Å². The molecule has 3 aromatic rings. The number of ether oxygens (including phenoxy) is 2. The third-order valence-corrected chi connectivity index (χ3v) is 5.13. The fraction of sp³-hybridized carbons (Fsp3) is 0.0833. The van der Waals surface area contributed by atoms with Crippen LogP contribution in [0.1, 0.15) is 11.1 Å². The summed E-state index contributed by atoms with van der Waals surface area (Å²) in [6.07, 6.45) is 1.66. The van der Waals surface area contributed by atoms with Gasteiger partial charge in [-0.3, -0.25) is 14.9 Å². The third-order valence-electron chi connectivity index (χ3n) is 4.51. The molecule has 0 heterocycles. The van der Waals surface area contributed by atoms with Crippen molar-refractivity contribution in [3.05, 3.63) is 92.4 Å². The van der Waals surface area contributed by atoms with Crippen LogP contribution >= 0.6 is 15.9 Å². The predicted molar refractivity (Wildman–Crippen MR) is 128 cm³/mol. The minimum atomic E-state index is -0.493. The van der Waals surface area contributed by atoms with E-state index in [1.165, 1.54) is 24.3 Å². The summed E-state index contributed by atoms with van der Waals surface area (Å²) in [5, 5.41) is 23.0. The number of nitrogens with one attached hydrogen (secondary N) is 1. The molecule has 8 nitrogen and oxygen atoms in total. The summed E-state index contributed by atoms with van der Waals surface area (Å²) in [5.41, 5.74) is 2.21. The van der Waals surface area contributed by atoms with Gasteiger partial charge in [-0.05, 0) is 81.7 Å². The van der Waals surface area contributed by atoms with Gasteiger partial charge in [-0.1, -0.05) is 6.07 Å². The van der Waals surface area contributed by atoms with Crippen LogP contribution in [0.5, 0.6) is 11.5 Å². The molecule has 3 aromatic carbocycles. The Morgan fingerprint density at radius 2 is 1.85 bits per heavy atom. The monoisotopic (exact) mass is 507 g/mol. The van der Waals surface area contributed by atoms with Gasteiger partial charge in [-0.2, -0.15) is 5.26 Å². The third kappa shape index (κ3) is 6.41. The summed E-state index contributed by atoms with van der Waals surface area (Å²) < 4.78 is 11.3. The molecule has 0 aromatic heterocycles. The minimum absolute atomic E-state index is 0.0451. The zero-order chi connectivity index (χ0) is 23.8. The number of methoxy groups -OCH3 is 1. The fourth-order valence-corrected chi connectivity index (χ4v) is 3.36. The van der Waals surface area contributed by atoms with Gasteiger partial charge in [0.05, 0.1) is 28.1 Å². The molecule has 33 heavy (non-hydrogen) atoms. The highest BCUT2D eigenvalue weighted by atomic mass is 79.9. The van der Waals surface area contributed by atoms with Crippen LogP contribution in [0, 0.1) is 21.4 Å². The minimum Gasteiger partial charge on any atom is -0.497 e. The van der Waals surface area contributed by atoms with E-state index in [9.17, 15) is 20.2 Å². The normalized spacial score (nSPS) is 10.8. The van der Waals surface area contributed by atoms with E-state index in [2.05, 4.69) is 27.3 Å². The lowest BCUT2D eigenvalue weighted by Crippen LogP contribution is -2.20. The van der Waals surface area contributed by atoms with Gasteiger partial charge in [0.2, 0.25) is 0 Å². The molecule has 0 bridgehead atoms. The molecule has 0 spiro atoms. The molecule has 1 amide bonds. The Bertz CT molecular complexity index is 1230. The second-order valence-corrected chi connectivity index (χ2v) is 7.58. The Hall–Kier alpha value is -4.16. The Morgan fingerprint density at radius 1 is 1.15 bits per heavy atom. The molecule has 0 atom stereocenters. The summed E-state index contributed by atoms with van der Waals surface area (Å²) in [6.45, 7) is -0.188. The molecule has 1 N–H and O–H groups in total. The van der Waals surface area contributed by atoms with Gasteiger partial charge in [0.25, 0.3) is 11.6 Å². The summed E-state index contributed by atoms with van der Waals surface area (Å²) >= 11 is 3.42. The molecule has 166 valence electrons. The Balaban J connectivity index is 1.65. The number of amides is 1. The topological polar surface area (TPSA) is 114 Å². The van der Waals surface area contributed by atoms with Crippen LogP contribution in [-0.4, -0.2) is 24.5 Å². The Labute approximate surface area is 198 Å². The van der Waals surface area contributed by atoms with E-state index in [-0.39, 0.29) is 18.2 Å². The number of halogens is 1. The van der Waals surface area contributed by atoms with Crippen molar-refractivity contribution >= 4 is 44.9 Å². The second-order valence-electron chi connectivity index (χ2n) is 6.73. The summed E-state index contributed by atoms with van der Waals surface area (Å²) in [6, 6.07) is 20.0. The van der Waals surface area contributed by atoms with E-state index in [1.807, 2.05) is 0 Å². The van der Waals surface area contributed by atoms with Gasteiger partial charge in [0.1, 0.15) is 11.5 Å². The molecule has 0 fully saturated rings. The first kappa shape index (κ1) is 23.5. The SMILES string of the molecule is COc1ccc(NC(=O)COc2ccc(/C=C(\C#N)c3ccc([N+](=O)[O-])cc3)cc2Br)cc1. The van der Waals surface area contributed by atoms with Gasteiger partial charge >= 0.3 is 0 Å². The number of rotatable bonds is 8. The Kier molecular flexibility index (Phi) is 7.78. The lowest BCUT2D eigenvalue weighted by atomic mass is 10.0. The maximum absolute atomic E-state index is 12.2. The maximum Gasteiger partial charge on any atom is 0.269 e. The molecule has 9 heteroatoms. The lowest BCUT2D eigenvalue weighted by molar-refractivity contribution is -0.384. The molecule has 0 aliphatic carbocycles. The largest absolute Gasteiger partial charge is 0.497 e. The van der Waals surface area contributed by atoms with Gasteiger partial charge in [-0.15, -0.1) is 0 Å². The first-order valence-electron chi connectivity index (χ1n) is 9.62. The average Bonchev–Trinajstić information content (AvgIpc) is 2.82. The molecule has 0 saturated heterocycles. The predicted octanol–water partition coefficient (Wildman–Crippen LogP) is 5.45. The van der Waals surface area contributed by atoms with E-state index in [0.717, 1.165) is 0 Å². The number of carbonyl (C=O) groups excluding carboxylic acids is 1. The molecular formula is C24H18BrN3O5. The summed E-state index contributed by atoms with van der Waals surface area (Å²) in [4.78, 5) is 22.5. The number of allylic oxidation sites excluding steroid dienone is 1. The lowest BCUT2D eigenvalue weighted by Gasteiger charge is -2.10. The molecule has 0 radical (unpaired) electrons. The number of non-ortho nitro benzene ring substituents is 1. The van der Waals surface area contributed by atoms with Crippen LogP contribution in [0.2, 0.25) is 0 Å². The van der Waals surface area contributed by atoms with Crippen molar-refractivity contribution in [2.45, 2.75) is 0 Å². The number of nitro benzene ring substituents is 1. The van der Waals surface area contributed by atoms with E-state index < -0.39 is 4.92 Å². The first-order valence-corrected chi connectivity index (χ1v) is 10.4. The van der Waals surface area contributed by atoms with Crippen LogP contribution in [0.4, 0.5) is 11.4 Å². The van der Waals surface area contributed by atoms with E-state index in [0.29, 0.717) is 38.4 Å². The smallest absolute Gasteiger partial charge is 0.269 e. The highest BCUT2D eigenvalue weighted by Gasteiger charge is 2.09. The number of carbonyl (C=O) groups is 1. The highest BCUT2D eigenvalue weighted by Crippen LogP contribution is 2.28. The van der Waals surface area contributed by atoms with Gasteiger partial charge in [0.15, 0.2) is 6.61 Å². The first-order chi connectivity index (χ1) is 15.9. The van der Waals surface area contributed by atoms with Crippen molar-refractivity contribution in [3.63, 3.8) is 0 Å². The van der Waals surface area contributed by atoms with Crippen molar-refractivity contribution in [2.75, 3.05) is 19.0 Å². The van der Waals surface area contributed by atoms with Crippen LogP contribution < -0.4 is 14.8 Å². The second kappa shape index (κ2) is 10.9. The standard InChI is InChI=1S/C24H18BrN3O5/c1-32-21-9-5-19(6-10-21)27-24(29)15-33-23-11-2-16(13-22(23)25)12-18(14-26)17-3-7-20(8-4-17)28(30)31/h2-13H,15H2,1H3,(H,27,29)/b18-12+. The van der Waals surface area contributed by atoms with E-state index >= 15 is 0 Å². The molecule has 0 aliphatic heterocycles. The number of nitrogens with zero attached hydrogens (tertiary/aromatic N) is 2. The fourth-order valence-electron chi connectivity index (χ4n) is 2.85. The van der Waals surface area contributed by atoms with Crippen molar-refractivity contribution in [1.29, 1.82) is 5.26 Å². The molecular weight excluding hydrogens is 490 g/mol. The number of hydrogen-bond acceptors (Lipinski definition) is 6. The highest BCUT2D eigenvalue weighted by molar-refractivity contribution is 9.10. The zero-order valence-electron chi connectivity index (χ0n) is 17.4. The van der Waals surface area contributed by atoms with Crippen LogP contribution in [0.25, 0.3) is 11.6 Å². The van der Waals surface area contributed by atoms with E-state index in [1.54, 1.807) is 55.7 Å². The summed E-state index contributed by atoms with van der Waals surface area (Å²) in [7, 11) is 1.57. The van der Waals surface area contributed by atoms with Crippen molar-refractivity contribution in [3.8, 4) is 17.6 Å². The number of benzene rings is 3. The molecule has 0 unspecified atom stereocenters. The van der Waals surface area contributed by atoms with E-state index in [4.69, 9.17) is 9.47 Å². The van der Waals surface area contributed by atoms with Gasteiger partial charge in [0, 0.05) is 17.8 Å². The van der Waals surface area contributed by atoms with Gasteiger partial charge in [-0.25, -0.2) is 0 Å². The number of anilines is 1. The van der Waals surface area contributed by atoms with Crippen molar-refractivity contribution < 1.29 is 19.2 Å². The quantitative estimate of drug-likeness (QED) is 0.187. The number of nitro groups is 1. The van der Waals surface area contributed by atoms with Crippen molar-refractivity contribution in [2.24, 2.45) is 0 Å². The molecule has 3 rings (SSSR count). The van der Waals surface area contributed by atoms with Crippen LogP contribution in [-0.2, 0) is 4.79 Å². The maximum atomic E-state index is 12.2. The molecule has 0 aliphatic rings. The van der Waals surface area contributed by atoms with Crippen LogP contribution in [0.15, 0.2) is 71.2 Å². The average molecular weight is 508 g/mol. The molecule has 0 saturated carbocycles.